The molecular formula is C15H13BrO2. The van der Waals surface area contributed by atoms with Gasteiger partial charge in [-0.2, -0.15) is 0 Å². The number of ketones is 1. The molecule has 0 heterocycles. The highest BCUT2D eigenvalue weighted by atomic mass is 79.9. The van der Waals surface area contributed by atoms with E-state index >= 15 is 0 Å². The minimum Gasteiger partial charge on any atom is -0.496 e. The van der Waals surface area contributed by atoms with E-state index in [0.717, 1.165) is 15.6 Å². The molecule has 2 aromatic carbocycles. The fraction of sp³-hybridized carbons (Fsp3) is 0.133. The lowest BCUT2D eigenvalue weighted by Crippen LogP contribution is -2.00. The zero-order valence-corrected chi connectivity index (χ0v) is 11.8. The summed E-state index contributed by atoms with van der Waals surface area (Å²) in [5.74, 6) is 0.619. The Balaban J connectivity index is 2.63. The molecule has 0 atom stereocenters. The summed E-state index contributed by atoms with van der Waals surface area (Å²) in [5.41, 5.74) is 2.53. The summed E-state index contributed by atoms with van der Waals surface area (Å²) in [6.45, 7) is 1.56. The zero-order valence-electron chi connectivity index (χ0n) is 10.2. The van der Waals surface area contributed by atoms with Crippen LogP contribution in [0.15, 0.2) is 46.9 Å². The lowest BCUT2D eigenvalue weighted by Gasteiger charge is -2.11. The molecule has 0 unspecified atom stereocenters. The fourth-order valence-corrected chi connectivity index (χ4v) is 2.20. The molecule has 0 N–H and O–H groups in total. The lowest BCUT2D eigenvalue weighted by atomic mass is 9.97. The first-order valence-corrected chi connectivity index (χ1v) is 6.36. The Hall–Kier alpha value is -1.61. The maximum absolute atomic E-state index is 11.8. The van der Waals surface area contributed by atoms with Crippen LogP contribution in [0.2, 0.25) is 0 Å². The van der Waals surface area contributed by atoms with Gasteiger partial charge in [-0.25, -0.2) is 0 Å². The molecule has 0 amide bonds. The molecule has 0 aliphatic rings. The number of carbonyl (C=O) groups excluding carboxylic acids is 1. The Morgan fingerprint density at radius 1 is 1.11 bits per heavy atom. The van der Waals surface area contributed by atoms with Crippen LogP contribution in [0.3, 0.4) is 0 Å². The predicted molar refractivity (Wildman–Crippen MR) is 76.1 cm³/mol. The van der Waals surface area contributed by atoms with Gasteiger partial charge in [0.2, 0.25) is 0 Å². The van der Waals surface area contributed by atoms with E-state index in [0.29, 0.717) is 11.3 Å². The standard InChI is InChI=1S/C15H13BrO2/c1-10(17)15-13(4-3-5-14(15)18-2)11-6-8-12(16)9-7-11/h3-9H,1-2H3. The summed E-state index contributed by atoms with van der Waals surface area (Å²) >= 11 is 3.40. The van der Waals surface area contributed by atoms with Crippen LogP contribution in [0, 0.1) is 0 Å². The van der Waals surface area contributed by atoms with E-state index in [1.807, 2.05) is 36.4 Å². The zero-order chi connectivity index (χ0) is 13.1. The van der Waals surface area contributed by atoms with Crippen LogP contribution in [0.5, 0.6) is 5.75 Å². The number of ether oxygens (including phenoxy) is 1. The maximum atomic E-state index is 11.8. The quantitative estimate of drug-likeness (QED) is 0.789. The number of Topliss-reactive ketones (excluding diaryl/α,β-unsaturated/α-hetero) is 1. The van der Waals surface area contributed by atoms with Crippen molar-refractivity contribution in [1.82, 2.24) is 0 Å². The normalized spacial score (nSPS) is 10.2. The molecule has 92 valence electrons. The molecule has 2 rings (SSSR count). The molecule has 0 aliphatic heterocycles. The van der Waals surface area contributed by atoms with E-state index < -0.39 is 0 Å². The van der Waals surface area contributed by atoms with Gasteiger partial charge in [0.05, 0.1) is 12.7 Å². The summed E-state index contributed by atoms with van der Waals surface area (Å²) in [4.78, 5) is 11.8. The summed E-state index contributed by atoms with van der Waals surface area (Å²) in [6.07, 6.45) is 0. The van der Waals surface area contributed by atoms with Gasteiger partial charge in [0.1, 0.15) is 5.75 Å². The Kier molecular flexibility index (Phi) is 3.82. The van der Waals surface area contributed by atoms with Crippen LogP contribution in [-0.2, 0) is 0 Å². The van der Waals surface area contributed by atoms with Crippen LogP contribution < -0.4 is 4.74 Å². The van der Waals surface area contributed by atoms with Gasteiger partial charge in [-0.15, -0.1) is 0 Å². The number of carbonyl (C=O) groups is 1. The van der Waals surface area contributed by atoms with E-state index in [9.17, 15) is 4.79 Å². The molecule has 0 aliphatic carbocycles. The molecule has 0 radical (unpaired) electrons. The van der Waals surface area contributed by atoms with Crippen molar-refractivity contribution in [2.45, 2.75) is 6.92 Å². The number of halogens is 1. The van der Waals surface area contributed by atoms with Gasteiger partial charge < -0.3 is 4.74 Å². The Labute approximate surface area is 115 Å². The third-order valence-corrected chi connectivity index (χ3v) is 3.28. The number of benzene rings is 2. The molecule has 0 saturated heterocycles. The van der Waals surface area contributed by atoms with Crippen molar-refractivity contribution in [1.29, 1.82) is 0 Å². The summed E-state index contributed by atoms with van der Waals surface area (Å²) in [5, 5.41) is 0. The van der Waals surface area contributed by atoms with Crippen LogP contribution in [0.1, 0.15) is 17.3 Å². The van der Waals surface area contributed by atoms with Crippen molar-refractivity contribution in [3.05, 3.63) is 52.5 Å². The van der Waals surface area contributed by atoms with E-state index in [-0.39, 0.29) is 5.78 Å². The van der Waals surface area contributed by atoms with Crippen molar-refractivity contribution < 1.29 is 9.53 Å². The van der Waals surface area contributed by atoms with Crippen molar-refractivity contribution in [3.63, 3.8) is 0 Å². The third-order valence-electron chi connectivity index (χ3n) is 2.75. The van der Waals surface area contributed by atoms with Gasteiger partial charge in [-0.05, 0) is 36.2 Å². The predicted octanol–water partition coefficient (Wildman–Crippen LogP) is 4.33. The smallest absolute Gasteiger partial charge is 0.164 e. The SMILES string of the molecule is COc1cccc(-c2ccc(Br)cc2)c1C(C)=O. The van der Waals surface area contributed by atoms with Gasteiger partial charge in [0, 0.05) is 4.47 Å². The van der Waals surface area contributed by atoms with E-state index in [1.165, 1.54) is 0 Å². The van der Waals surface area contributed by atoms with E-state index in [2.05, 4.69) is 15.9 Å². The van der Waals surface area contributed by atoms with Crippen LogP contribution in [-0.4, -0.2) is 12.9 Å². The first kappa shape index (κ1) is 12.8. The largest absolute Gasteiger partial charge is 0.496 e. The third kappa shape index (κ3) is 2.46. The van der Waals surface area contributed by atoms with Gasteiger partial charge in [-0.1, -0.05) is 40.2 Å². The molecule has 0 fully saturated rings. The highest BCUT2D eigenvalue weighted by Gasteiger charge is 2.14. The van der Waals surface area contributed by atoms with E-state index in [1.54, 1.807) is 20.1 Å². The first-order chi connectivity index (χ1) is 8.63. The molecule has 0 bridgehead atoms. The molecule has 0 saturated carbocycles. The Bertz CT molecular complexity index is 574. The second-order valence-corrected chi connectivity index (χ2v) is 4.86. The highest BCUT2D eigenvalue weighted by Crippen LogP contribution is 2.31. The average molecular weight is 305 g/mol. The van der Waals surface area contributed by atoms with Crippen LogP contribution >= 0.6 is 15.9 Å². The number of rotatable bonds is 3. The van der Waals surface area contributed by atoms with Crippen molar-refractivity contribution in [2.24, 2.45) is 0 Å². The molecule has 2 nitrogen and oxygen atoms in total. The highest BCUT2D eigenvalue weighted by molar-refractivity contribution is 9.10. The average Bonchev–Trinajstić information content (AvgIpc) is 2.38. The molecule has 0 spiro atoms. The van der Waals surface area contributed by atoms with Gasteiger partial charge in [-0.3, -0.25) is 4.79 Å². The molecule has 0 aromatic heterocycles. The van der Waals surface area contributed by atoms with Crippen LogP contribution in [0.4, 0.5) is 0 Å². The minimum absolute atomic E-state index is 0.00497. The summed E-state index contributed by atoms with van der Waals surface area (Å²) < 4.78 is 6.27. The molecule has 2 aromatic rings. The number of hydrogen-bond acceptors (Lipinski definition) is 2. The molecule has 3 heteroatoms. The topological polar surface area (TPSA) is 26.3 Å². The van der Waals surface area contributed by atoms with Gasteiger partial charge >= 0.3 is 0 Å². The van der Waals surface area contributed by atoms with Crippen LogP contribution in [0.25, 0.3) is 11.1 Å². The van der Waals surface area contributed by atoms with Gasteiger partial charge in [0.25, 0.3) is 0 Å². The maximum Gasteiger partial charge on any atom is 0.164 e. The van der Waals surface area contributed by atoms with Crippen molar-refractivity contribution in [3.8, 4) is 16.9 Å². The lowest BCUT2D eigenvalue weighted by molar-refractivity contribution is 0.101. The monoisotopic (exact) mass is 304 g/mol. The second kappa shape index (κ2) is 5.36. The number of hydrogen-bond donors (Lipinski definition) is 0. The minimum atomic E-state index is 0.00497. The van der Waals surface area contributed by atoms with E-state index in [4.69, 9.17) is 4.74 Å². The first-order valence-electron chi connectivity index (χ1n) is 5.57. The van der Waals surface area contributed by atoms with Gasteiger partial charge in [0.15, 0.2) is 5.78 Å². The fourth-order valence-electron chi connectivity index (χ4n) is 1.93. The Morgan fingerprint density at radius 3 is 2.33 bits per heavy atom. The summed E-state index contributed by atoms with van der Waals surface area (Å²) in [6, 6.07) is 13.5. The Morgan fingerprint density at radius 2 is 1.78 bits per heavy atom. The van der Waals surface area contributed by atoms with Crippen molar-refractivity contribution in [2.75, 3.05) is 7.11 Å². The summed E-state index contributed by atoms with van der Waals surface area (Å²) in [7, 11) is 1.58. The molecule has 18 heavy (non-hydrogen) atoms. The van der Waals surface area contributed by atoms with Crippen molar-refractivity contribution >= 4 is 21.7 Å². The second-order valence-electron chi connectivity index (χ2n) is 3.95. The molecular weight excluding hydrogens is 292 g/mol. The number of methoxy groups -OCH3 is 1.